The summed E-state index contributed by atoms with van der Waals surface area (Å²) in [6, 6.07) is 5.34. The molecule has 1 aliphatic heterocycles. The molecule has 1 unspecified atom stereocenters. The van der Waals surface area contributed by atoms with Gasteiger partial charge in [-0.05, 0) is 31.9 Å². The fraction of sp³-hybridized carbons (Fsp3) is 0.462. The van der Waals surface area contributed by atoms with Crippen molar-refractivity contribution in [2.24, 2.45) is 0 Å². The van der Waals surface area contributed by atoms with Crippen LogP contribution in [-0.4, -0.2) is 25.1 Å². The maximum Gasteiger partial charge on any atom is 0.242 e. The highest BCUT2D eigenvalue weighted by atomic mass is 16.5. The molecule has 1 fully saturated rings. The first-order valence-electron chi connectivity index (χ1n) is 6.28. The number of nitrogens with two attached hydrogens (primary N) is 1. The highest BCUT2D eigenvalue weighted by Gasteiger charge is 2.22. The van der Waals surface area contributed by atoms with Crippen LogP contribution < -0.4 is 21.1 Å². The highest BCUT2D eigenvalue weighted by Crippen LogP contribution is 2.30. The summed E-state index contributed by atoms with van der Waals surface area (Å²) in [6.45, 7) is 3.23. The van der Waals surface area contributed by atoms with Crippen molar-refractivity contribution in [1.29, 1.82) is 0 Å². The molecule has 98 valence electrons. The molecule has 1 aromatic rings. The number of hydrogen-bond donors (Lipinski definition) is 3. The number of benzene rings is 1. The maximum atomic E-state index is 11.7. The average Bonchev–Trinajstić information content (AvgIpc) is 2.37. The van der Waals surface area contributed by atoms with Gasteiger partial charge in [-0.3, -0.25) is 4.79 Å². The van der Waals surface area contributed by atoms with Crippen molar-refractivity contribution >= 4 is 17.3 Å². The fourth-order valence-corrected chi connectivity index (χ4v) is 2.05. The van der Waals surface area contributed by atoms with E-state index < -0.39 is 0 Å². The fourth-order valence-electron chi connectivity index (χ4n) is 2.05. The van der Waals surface area contributed by atoms with Gasteiger partial charge in [-0.1, -0.05) is 6.07 Å². The predicted molar refractivity (Wildman–Crippen MR) is 71.7 cm³/mol. The molecule has 1 aromatic carbocycles. The lowest BCUT2D eigenvalue weighted by Crippen LogP contribution is -2.44. The number of ether oxygens (including phenoxy) is 1. The Balaban J connectivity index is 2.13. The predicted octanol–water partition coefficient (Wildman–Crippen LogP) is 1.36. The number of hydrogen-bond acceptors (Lipinski definition) is 4. The van der Waals surface area contributed by atoms with E-state index in [4.69, 9.17) is 10.5 Å². The van der Waals surface area contributed by atoms with Gasteiger partial charge in [-0.2, -0.15) is 0 Å². The molecule has 2 rings (SSSR count). The Labute approximate surface area is 107 Å². The second-order valence-corrected chi connectivity index (χ2v) is 4.28. The summed E-state index contributed by atoms with van der Waals surface area (Å²) in [5.74, 6) is 0.682. The first kappa shape index (κ1) is 12.5. The van der Waals surface area contributed by atoms with Gasteiger partial charge < -0.3 is 21.1 Å². The Hall–Kier alpha value is -1.91. The number of rotatable bonds is 4. The molecule has 5 nitrogen and oxygen atoms in total. The van der Waals surface area contributed by atoms with Gasteiger partial charge in [0.15, 0.2) is 0 Å². The van der Waals surface area contributed by atoms with E-state index in [0.717, 1.165) is 25.1 Å². The van der Waals surface area contributed by atoms with Crippen molar-refractivity contribution in [2.75, 3.05) is 24.2 Å². The number of nitrogen functional groups attached to an aromatic ring is 1. The third kappa shape index (κ3) is 2.67. The van der Waals surface area contributed by atoms with Crippen LogP contribution in [-0.2, 0) is 4.79 Å². The van der Waals surface area contributed by atoms with E-state index in [2.05, 4.69) is 10.6 Å². The van der Waals surface area contributed by atoms with Crippen LogP contribution in [0.1, 0.15) is 19.8 Å². The van der Waals surface area contributed by atoms with Gasteiger partial charge in [0.05, 0.1) is 18.0 Å². The first-order chi connectivity index (χ1) is 8.72. The van der Waals surface area contributed by atoms with Crippen LogP contribution >= 0.6 is 0 Å². The van der Waals surface area contributed by atoms with Crippen LogP contribution in [0.15, 0.2) is 18.2 Å². The molecule has 0 saturated carbocycles. The highest BCUT2D eigenvalue weighted by molar-refractivity contribution is 5.87. The lowest BCUT2D eigenvalue weighted by Gasteiger charge is -2.24. The van der Waals surface area contributed by atoms with Crippen LogP contribution in [0.3, 0.4) is 0 Å². The van der Waals surface area contributed by atoms with Gasteiger partial charge in [0.25, 0.3) is 0 Å². The number of anilines is 2. The third-order valence-electron chi connectivity index (χ3n) is 2.98. The molecule has 5 heteroatoms. The van der Waals surface area contributed by atoms with Gasteiger partial charge in [-0.15, -0.1) is 0 Å². The largest absolute Gasteiger partial charge is 0.492 e. The zero-order chi connectivity index (χ0) is 13.0. The van der Waals surface area contributed by atoms with Gasteiger partial charge in [0, 0.05) is 6.54 Å². The second kappa shape index (κ2) is 5.62. The van der Waals surface area contributed by atoms with E-state index in [9.17, 15) is 4.79 Å². The number of para-hydroxylation sites is 1. The number of piperidine rings is 1. The second-order valence-electron chi connectivity index (χ2n) is 4.28. The van der Waals surface area contributed by atoms with Gasteiger partial charge in [0.2, 0.25) is 5.91 Å². The molecule has 18 heavy (non-hydrogen) atoms. The molecule has 0 spiro atoms. The number of carbonyl (C=O) groups excluding carboxylic acids is 1. The normalized spacial score (nSPS) is 19.2. The lowest BCUT2D eigenvalue weighted by atomic mass is 10.1. The molecular weight excluding hydrogens is 230 g/mol. The van der Waals surface area contributed by atoms with E-state index >= 15 is 0 Å². The summed E-state index contributed by atoms with van der Waals surface area (Å²) >= 11 is 0. The standard InChI is InChI=1S/C13H19N3O2/c1-2-18-11-7-3-5-9(12(11)14)16-10-6-4-8-15-13(10)17/h3,5,7,10,16H,2,4,6,8,14H2,1H3,(H,15,17). The Kier molecular flexibility index (Phi) is 3.92. The molecule has 0 radical (unpaired) electrons. The Morgan fingerprint density at radius 3 is 3.11 bits per heavy atom. The minimum atomic E-state index is -0.210. The zero-order valence-corrected chi connectivity index (χ0v) is 10.5. The molecule has 1 aliphatic rings. The molecule has 1 amide bonds. The topological polar surface area (TPSA) is 76.4 Å². The Bertz CT molecular complexity index is 434. The minimum absolute atomic E-state index is 0.0301. The lowest BCUT2D eigenvalue weighted by molar-refractivity contribution is -0.123. The van der Waals surface area contributed by atoms with Crippen molar-refractivity contribution in [2.45, 2.75) is 25.8 Å². The quantitative estimate of drug-likeness (QED) is 0.704. The van der Waals surface area contributed by atoms with Crippen molar-refractivity contribution in [3.63, 3.8) is 0 Å². The van der Waals surface area contributed by atoms with Crippen molar-refractivity contribution in [1.82, 2.24) is 5.32 Å². The molecule has 4 N–H and O–H groups in total. The van der Waals surface area contributed by atoms with Crippen LogP contribution in [0.4, 0.5) is 11.4 Å². The van der Waals surface area contributed by atoms with E-state index in [1.54, 1.807) is 0 Å². The number of nitrogens with one attached hydrogen (secondary N) is 2. The van der Waals surface area contributed by atoms with Crippen LogP contribution in [0, 0.1) is 0 Å². The first-order valence-corrected chi connectivity index (χ1v) is 6.28. The van der Waals surface area contributed by atoms with E-state index in [1.807, 2.05) is 25.1 Å². The zero-order valence-electron chi connectivity index (χ0n) is 10.5. The minimum Gasteiger partial charge on any atom is -0.492 e. The van der Waals surface area contributed by atoms with Crippen LogP contribution in [0.2, 0.25) is 0 Å². The molecule has 1 saturated heterocycles. The summed E-state index contributed by atoms with van der Waals surface area (Å²) in [5, 5.41) is 6.02. The van der Waals surface area contributed by atoms with E-state index in [0.29, 0.717) is 18.0 Å². The number of carbonyl (C=O) groups is 1. The smallest absolute Gasteiger partial charge is 0.242 e. The molecule has 1 atom stereocenters. The van der Waals surface area contributed by atoms with Crippen molar-refractivity contribution in [3.8, 4) is 5.75 Å². The molecule has 1 heterocycles. The summed E-state index contributed by atoms with van der Waals surface area (Å²) < 4.78 is 5.43. The van der Waals surface area contributed by atoms with Gasteiger partial charge in [0.1, 0.15) is 11.8 Å². The molecule has 0 bridgehead atoms. The summed E-state index contributed by atoms with van der Waals surface area (Å²) in [4.78, 5) is 11.7. The maximum absolute atomic E-state index is 11.7. The summed E-state index contributed by atoms with van der Waals surface area (Å²) in [7, 11) is 0. The monoisotopic (exact) mass is 249 g/mol. The molecular formula is C13H19N3O2. The SMILES string of the molecule is CCOc1cccc(NC2CCCNC2=O)c1N. The van der Waals surface area contributed by atoms with Gasteiger partial charge >= 0.3 is 0 Å². The van der Waals surface area contributed by atoms with Crippen molar-refractivity contribution < 1.29 is 9.53 Å². The summed E-state index contributed by atoms with van der Waals surface area (Å²) in [5.41, 5.74) is 7.32. The average molecular weight is 249 g/mol. The van der Waals surface area contributed by atoms with Gasteiger partial charge in [-0.25, -0.2) is 0 Å². The number of amides is 1. The van der Waals surface area contributed by atoms with E-state index in [1.165, 1.54) is 0 Å². The van der Waals surface area contributed by atoms with Crippen LogP contribution in [0.5, 0.6) is 5.75 Å². The molecule has 0 aliphatic carbocycles. The molecule has 0 aromatic heterocycles. The van der Waals surface area contributed by atoms with Crippen molar-refractivity contribution in [3.05, 3.63) is 18.2 Å². The Morgan fingerprint density at radius 1 is 1.56 bits per heavy atom. The van der Waals surface area contributed by atoms with E-state index in [-0.39, 0.29) is 11.9 Å². The Morgan fingerprint density at radius 2 is 2.39 bits per heavy atom. The summed E-state index contributed by atoms with van der Waals surface area (Å²) in [6.07, 6.45) is 1.80. The third-order valence-corrected chi connectivity index (χ3v) is 2.98. The van der Waals surface area contributed by atoms with Crippen LogP contribution in [0.25, 0.3) is 0 Å².